The van der Waals surface area contributed by atoms with Gasteiger partial charge in [0.15, 0.2) is 0 Å². The van der Waals surface area contributed by atoms with Gasteiger partial charge in [0.25, 0.3) is 0 Å². The van der Waals surface area contributed by atoms with Crippen LogP contribution in [-0.4, -0.2) is 16.4 Å². The Morgan fingerprint density at radius 1 is 1.43 bits per heavy atom. The molecular weight excluding hydrogens is 212 g/mol. The molecule has 80 valence electrons. The van der Waals surface area contributed by atoms with Crippen molar-refractivity contribution >= 4 is 23.5 Å². The van der Waals surface area contributed by atoms with Crippen LogP contribution in [0.15, 0.2) is 22.9 Å². The van der Waals surface area contributed by atoms with Crippen LogP contribution in [0.25, 0.3) is 0 Å². The van der Waals surface area contributed by atoms with Crippen LogP contribution in [0.5, 0.6) is 0 Å². The summed E-state index contributed by atoms with van der Waals surface area (Å²) < 4.78 is 0. The van der Waals surface area contributed by atoms with Crippen LogP contribution < -0.4 is 11.1 Å². The lowest BCUT2D eigenvalue weighted by Gasteiger charge is -2.32. The minimum atomic E-state index is 0.00905. The molecule has 4 heteroatoms. The number of thioether (sulfide) groups is 2. The maximum absolute atomic E-state index is 5.88. The van der Waals surface area contributed by atoms with Crippen LogP contribution in [0, 0.1) is 0 Å². The highest BCUT2D eigenvalue weighted by atomic mass is 32.2. The second-order valence-electron chi connectivity index (χ2n) is 3.22. The molecule has 0 saturated heterocycles. The standard InChI is InChI=1S/C10H18N2S2/c1-4-13-9-8(11)6-7-10(3,12-9)14-5-2/h6-7,12H,4-5,11H2,1-3H3. The van der Waals surface area contributed by atoms with Crippen molar-refractivity contribution in [2.24, 2.45) is 5.73 Å². The van der Waals surface area contributed by atoms with Crippen molar-refractivity contribution in [1.29, 1.82) is 0 Å². The SMILES string of the molecule is CCSC1=C(N)C=CC(C)(SCC)N1. The lowest BCUT2D eigenvalue weighted by atomic mass is 10.2. The van der Waals surface area contributed by atoms with E-state index in [1.54, 1.807) is 11.8 Å². The maximum atomic E-state index is 5.88. The molecule has 0 aromatic rings. The second-order valence-corrected chi connectivity index (χ2v) is 6.20. The van der Waals surface area contributed by atoms with Gasteiger partial charge >= 0.3 is 0 Å². The van der Waals surface area contributed by atoms with Crippen molar-refractivity contribution in [2.45, 2.75) is 25.6 Å². The van der Waals surface area contributed by atoms with E-state index < -0.39 is 0 Å². The lowest BCUT2D eigenvalue weighted by molar-refractivity contribution is 0.682. The van der Waals surface area contributed by atoms with Gasteiger partial charge in [-0.25, -0.2) is 0 Å². The van der Waals surface area contributed by atoms with E-state index in [4.69, 9.17) is 5.73 Å². The number of nitrogens with one attached hydrogen (secondary N) is 1. The molecule has 0 fully saturated rings. The van der Waals surface area contributed by atoms with Gasteiger partial charge in [-0.1, -0.05) is 13.8 Å². The third kappa shape index (κ3) is 2.89. The van der Waals surface area contributed by atoms with E-state index in [0.717, 1.165) is 22.2 Å². The van der Waals surface area contributed by atoms with E-state index >= 15 is 0 Å². The van der Waals surface area contributed by atoms with Gasteiger partial charge in [0.1, 0.15) is 0 Å². The van der Waals surface area contributed by atoms with Gasteiger partial charge in [-0.3, -0.25) is 0 Å². The molecule has 0 aromatic carbocycles. The number of dihydropyridines is 1. The van der Waals surface area contributed by atoms with Gasteiger partial charge in [0, 0.05) is 0 Å². The van der Waals surface area contributed by atoms with Gasteiger partial charge in [0.05, 0.1) is 15.6 Å². The summed E-state index contributed by atoms with van der Waals surface area (Å²) in [5.41, 5.74) is 6.74. The van der Waals surface area contributed by atoms with E-state index in [9.17, 15) is 0 Å². The van der Waals surface area contributed by atoms with E-state index in [1.165, 1.54) is 0 Å². The molecule has 1 aliphatic heterocycles. The third-order valence-corrected chi connectivity index (χ3v) is 3.98. The van der Waals surface area contributed by atoms with Crippen molar-refractivity contribution in [3.05, 3.63) is 22.9 Å². The quantitative estimate of drug-likeness (QED) is 0.778. The fraction of sp³-hybridized carbons (Fsp3) is 0.600. The van der Waals surface area contributed by atoms with Crippen LogP contribution >= 0.6 is 23.5 Å². The number of allylic oxidation sites excluding steroid dienone is 1. The molecule has 0 amide bonds. The summed E-state index contributed by atoms with van der Waals surface area (Å²) in [7, 11) is 0. The molecule has 0 saturated carbocycles. The highest BCUT2D eigenvalue weighted by Crippen LogP contribution is 2.31. The van der Waals surface area contributed by atoms with Crippen molar-refractivity contribution in [3.63, 3.8) is 0 Å². The largest absolute Gasteiger partial charge is 0.397 e. The van der Waals surface area contributed by atoms with Crippen LogP contribution in [-0.2, 0) is 0 Å². The Morgan fingerprint density at radius 2 is 2.14 bits per heavy atom. The molecule has 14 heavy (non-hydrogen) atoms. The zero-order chi connectivity index (χ0) is 10.6. The molecule has 0 aliphatic carbocycles. The van der Waals surface area contributed by atoms with Gasteiger partial charge in [0.2, 0.25) is 0 Å². The summed E-state index contributed by atoms with van der Waals surface area (Å²) in [5, 5.41) is 4.58. The van der Waals surface area contributed by atoms with E-state index in [0.29, 0.717) is 0 Å². The average molecular weight is 230 g/mol. The average Bonchev–Trinajstić information content (AvgIpc) is 2.13. The normalized spacial score (nSPS) is 26.5. The molecule has 0 aromatic heterocycles. The zero-order valence-corrected chi connectivity index (χ0v) is 10.6. The molecule has 2 nitrogen and oxygen atoms in total. The summed E-state index contributed by atoms with van der Waals surface area (Å²) in [6.45, 7) is 6.48. The van der Waals surface area contributed by atoms with Crippen molar-refractivity contribution in [2.75, 3.05) is 11.5 Å². The molecule has 1 rings (SSSR count). The van der Waals surface area contributed by atoms with Gasteiger partial charge in [-0.2, -0.15) is 0 Å². The minimum Gasteiger partial charge on any atom is -0.397 e. The molecular formula is C10H18N2S2. The molecule has 1 heterocycles. The monoisotopic (exact) mass is 230 g/mol. The highest BCUT2D eigenvalue weighted by Gasteiger charge is 2.25. The number of hydrogen-bond donors (Lipinski definition) is 2. The van der Waals surface area contributed by atoms with Crippen LogP contribution in [0.4, 0.5) is 0 Å². The second kappa shape index (κ2) is 5.03. The first-order valence-corrected chi connectivity index (χ1v) is 6.82. The number of hydrogen-bond acceptors (Lipinski definition) is 4. The van der Waals surface area contributed by atoms with Crippen molar-refractivity contribution in [1.82, 2.24) is 5.32 Å². The Balaban J connectivity index is 2.72. The van der Waals surface area contributed by atoms with E-state index in [-0.39, 0.29) is 4.87 Å². The van der Waals surface area contributed by atoms with E-state index in [1.807, 2.05) is 17.8 Å². The van der Waals surface area contributed by atoms with Crippen LogP contribution in [0.1, 0.15) is 20.8 Å². The summed E-state index contributed by atoms with van der Waals surface area (Å²) in [5.74, 6) is 2.14. The van der Waals surface area contributed by atoms with Crippen LogP contribution in [0.2, 0.25) is 0 Å². The molecule has 1 unspecified atom stereocenters. The first kappa shape index (κ1) is 11.9. The number of rotatable bonds is 4. The van der Waals surface area contributed by atoms with Crippen LogP contribution in [0.3, 0.4) is 0 Å². The van der Waals surface area contributed by atoms with Gasteiger partial charge in [-0.15, -0.1) is 23.5 Å². The Bertz CT molecular complexity index is 261. The van der Waals surface area contributed by atoms with Gasteiger partial charge in [-0.05, 0) is 30.6 Å². The molecule has 0 bridgehead atoms. The van der Waals surface area contributed by atoms with Crippen molar-refractivity contribution in [3.8, 4) is 0 Å². The van der Waals surface area contributed by atoms with E-state index in [2.05, 4.69) is 32.2 Å². The fourth-order valence-electron chi connectivity index (χ4n) is 1.31. The lowest BCUT2D eigenvalue weighted by Crippen LogP contribution is -2.39. The van der Waals surface area contributed by atoms with Crippen molar-refractivity contribution < 1.29 is 0 Å². The Labute approximate surface area is 94.8 Å². The summed E-state index contributed by atoms with van der Waals surface area (Å²) >= 11 is 3.65. The smallest absolute Gasteiger partial charge is 0.1000 e. The fourth-order valence-corrected chi connectivity index (χ4v) is 3.12. The number of nitrogens with two attached hydrogens (primary N) is 1. The Morgan fingerprint density at radius 3 is 2.71 bits per heavy atom. The predicted octanol–water partition coefficient (Wildman–Crippen LogP) is 2.50. The summed E-state index contributed by atoms with van der Waals surface area (Å²) in [4.78, 5) is 0.00905. The Kier molecular flexibility index (Phi) is 4.26. The zero-order valence-electron chi connectivity index (χ0n) is 8.96. The van der Waals surface area contributed by atoms with Gasteiger partial charge < -0.3 is 11.1 Å². The molecule has 0 spiro atoms. The molecule has 0 radical (unpaired) electrons. The third-order valence-electron chi connectivity index (χ3n) is 1.94. The summed E-state index contributed by atoms with van der Waals surface area (Å²) in [6.07, 6.45) is 4.15. The predicted molar refractivity (Wildman–Crippen MR) is 68.2 cm³/mol. The minimum absolute atomic E-state index is 0.00905. The first-order chi connectivity index (χ1) is 6.61. The molecule has 1 atom stereocenters. The molecule has 3 N–H and O–H groups in total. The maximum Gasteiger partial charge on any atom is 0.1000 e. The highest BCUT2D eigenvalue weighted by molar-refractivity contribution is 8.03. The molecule has 1 aliphatic rings. The topological polar surface area (TPSA) is 38.0 Å². The Hall–Kier alpha value is -0.220. The summed E-state index contributed by atoms with van der Waals surface area (Å²) in [6, 6.07) is 0. The first-order valence-electron chi connectivity index (χ1n) is 4.85.